The lowest BCUT2D eigenvalue weighted by Crippen LogP contribution is -2.36. The Morgan fingerprint density at radius 1 is 0.711 bits per heavy atom. The number of benzene rings is 5. The van der Waals surface area contributed by atoms with Crippen LogP contribution in [0.5, 0.6) is 0 Å². The number of nitrogens with one attached hydrogen (secondary N) is 1. The van der Waals surface area contributed by atoms with E-state index >= 15 is 0 Å². The Kier molecular flexibility index (Phi) is 7.02. The number of hydrogen-bond acceptors (Lipinski definition) is 6. The van der Waals surface area contributed by atoms with Gasteiger partial charge in [-0.1, -0.05) is 78.9 Å². The summed E-state index contributed by atoms with van der Waals surface area (Å²) in [4.78, 5) is 10.1. The quantitative estimate of drug-likeness (QED) is 0.220. The van der Waals surface area contributed by atoms with Crippen molar-refractivity contribution in [3.05, 3.63) is 143 Å². The Labute approximate surface area is 260 Å². The number of aliphatic imine (C=N–C) groups is 2. The summed E-state index contributed by atoms with van der Waals surface area (Å²) in [6.07, 6.45) is 1.50. The number of nitrogens with zero attached hydrogens (tertiary/aromatic N) is 4. The van der Waals surface area contributed by atoms with Crippen molar-refractivity contribution in [2.45, 2.75) is 20.0 Å². The van der Waals surface area contributed by atoms with Gasteiger partial charge in [0.1, 0.15) is 22.8 Å². The largest absolute Gasteiger partial charge is 0.455 e. The molecule has 0 fully saturated rings. The number of allylic oxidation sites excluding steroid dienone is 1. The van der Waals surface area contributed by atoms with Gasteiger partial charge in [0.15, 0.2) is 6.17 Å². The van der Waals surface area contributed by atoms with Gasteiger partial charge in [-0.15, -0.1) is 0 Å². The van der Waals surface area contributed by atoms with Crippen LogP contribution < -0.4 is 5.32 Å². The molecule has 7 rings (SSSR count). The third-order valence-corrected chi connectivity index (χ3v) is 8.13. The van der Waals surface area contributed by atoms with Crippen molar-refractivity contribution < 1.29 is 4.42 Å². The minimum absolute atomic E-state index is 0.534. The van der Waals surface area contributed by atoms with Crippen molar-refractivity contribution >= 4 is 33.6 Å². The predicted octanol–water partition coefficient (Wildman–Crippen LogP) is 9.08. The van der Waals surface area contributed by atoms with E-state index in [0.29, 0.717) is 22.3 Å². The number of hydrogen-bond donors (Lipinski definition) is 1. The molecular weight excluding hydrogens is 554 g/mol. The maximum absolute atomic E-state index is 9.65. The summed E-state index contributed by atoms with van der Waals surface area (Å²) in [6, 6.07) is 39.9. The number of nitriles is 2. The van der Waals surface area contributed by atoms with Gasteiger partial charge >= 0.3 is 0 Å². The second-order valence-corrected chi connectivity index (χ2v) is 10.9. The van der Waals surface area contributed by atoms with Gasteiger partial charge in [-0.3, -0.25) is 0 Å². The van der Waals surface area contributed by atoms with Crippen LogP contribution in [0.4, 0.5) is 0 Å². The van der Waals surface area contributed by atoms with Gasteiger partial charge in [0, 0.05) is 27.5 Å². The second kappa shape index (κ2) is 11.4. The molecule has 0 aliphatic carbocycles. The molecule has 1 aliphatic rings. The van der Waals surface area contributed by atoms with Crippen LogP contribution >= 0.6 is 0 Å². The van der Waals surface area contributed by atoms with E-state index in [9.17, 15) is 10.5 Å². The normalized spacial score (nSPS) is 14.8. The van der Waals surface area contributed by atoms with Gasteiger partial charge in [-0.2, -0.15) is 10.5 Å². The molecule has 0 spiro atoms. The number of amidine groups is 2. The highest BCUT2D eigenvalue weighted by atomic mass is 16.3. The first-order valence-corrected chi connectivity index (χ1v) is 14.7. The molecule has 1 aliphatic heterocycles. The first-order valence-electron chi connectivity index (χ1n) is 14.7. The van der Waals surface area contributed by atoms with Crippen LogP contribution in [0.1, 0.15) is 42.3 Å². The van der Waals surface area contributed by atoms with E-state index < -0.39 is 6.17 Å². The van der Waals surface area contributed by atoms with Crippen LogP contribution in [-0.2, 0) is 0 Å². The zero-order valence-electron chi connectivity index (χ0n) is 24.7. The van der Waals surface area contributed by atoms with Crippen LogP contribution in [0, 0.1) is 22.7 Å². The fourth-order valence-electron chi connectivity index (χ4n) is 5.70. The molecule has 45 heavy (non-hydrogen) atoms. The molecule has 0 saturated carbocycles. The lowest BCUT2D eigenvalue weighted by atomic mass is 9.94. The highest BCUT2D eigenvalue weighted by Gasteiger charge is 2.25. The average molecular weight is 582 g/mol. The predicted molar refractivity (Wildman–Crippen MR) is 180 cm³/mol. The molecule has 0 bridgehead atoms. The van der Waals surface area contributed by atoms with Crippen molar-refractivity contribution in [1.82, 2.24) is 5.32 Å². The number of rotatable bonds is 5. The zero-order chi connectivity index (χ0) is 30.9. The average Bonchev–Trinajstić information content (AvgIpc) is 3.50. The SMILES string of the molecule is C/C=C(\C)C1=NC(c2cccc3c2oc2c(-c4cccc(C#N)c4)cc(-c4cccc(C#N)c4)cc23)N=C(c2ccccc2)N1. The van der Waals surface area contributed by atoms with Gasteiger partial charge in [-0.05, 0) is 72.5 Å². The standard InChI is InChI=1S/C39H27N5O/c1-3-24(2)37-42-38(27-12-5-4-6-13-27)44-39(43-37)32-17-9-16-31-34-21-30(28-14-7-10-25(18-28)22-40)20-33(36(34)45-35(31)32)29-15-8-11-26(19-29)23-41/h3-21,39H,1-2H3,(H,42,43,44)/b24-3+. The third-order valence-electron chi connectivity index (χ3n) is 8.13. The summed E-state index contributed by atoms with van der Waals surface area (Å²) in [5.74, 6) is 1.51. The van der Waals surface area contributed by atoms with Crippen LogP contribution in [0.15, 0.2) is 135 Å². The molecule has 1 N–H and O–H groups in total. The van der Waals surface area contributed by atoms with Crippen LogP contribution in [0.2, 0.25) is 0 Å². The van der Waals surface area contributed by atoms with Crippen molar-refractivity contribution in [2.24, 2.45) is 9.98 Å². The van der Waals surface area contributed by atoms with E-state index in [1.165, 1.54) is 0 Å². The van der Waals surface area contributed by atoms with Crippen molar-refractivity contribution in [3.8, 4) is 34.4 Å². The van der Waals surface area contributed by atoms with E-state index in [-0.39, 0.29) is 0 Å². The fraction of sp³-hybridized carbons (Fsp3) is 0.0769. The number of furan rings is 1. The minimum atomic E-state index is -0.534. The molecule has 6 aromatic rings. The topological polar surface area (TPSA) is 97.5 Å². The minimum Gasteiger partial charge on any atom is -0.455 e. The van der Waals surface area contributed by atoms with Crippen molar-refractivity contribution in [3.63, 3.8) is 0 Å². The van der Waals surface area contributed by atoms with Crippen molar-refractivity contribution in [2.75, 3.05) is 0 Å². The maximum Gasteiger partial charge on any atom is 0.173 e. The molecule has 0 saturated heterocycles. The Morgan fingerprint density at radius 2 is 1.40 bits per heavy atom. The monoisotopic (exact) mass is 581 g/mol. The molecule has 6 heteroatoms. The summed E-state index contributed by atoms with van der Waals surface area (Å²) in [5, 5.41) is 24.5. The zero-order valence-corrected chi connectivity index (χ0v) is 24.7. The summed E-state index contributed by atoms with van der Waals surface area (Å²) in [5.41, 5.74) is 9.00. The highest BCUT2D eigenvalue weighted by Crippen LogP contribution is 2.42. The van der Waals surface area contributed by atoms with Gasteiger partial charge in [0.05, 0.1) is 23.3 Å². The molecule has 1 unspecified atom stereocenters. The van der Waals surface area contributed by atoms with Crippen LogP contribution in [-0.4, -0.2) is 11.7 Å². The van der Waals surface area contributed by atoms with E-state index in [2.05, 4.69) is 35.7 Å². The van der Waals surface area contributed by atoms with Gasteiger partial charge in [-0.25, -0.2) is 9.98 Å². The van der Waals surface area contributed by atoms with Gasteiger partial charge in [0.25, 0.3) is 0 Å². The summed E-state index contributed by atoms with van der Waals surface area (Å²) in [6.45, 7) is 4.03. The lowest BCUT2D eigenvalue weighted by Gasteiger charge is -2.22. The van der Waals surface area contributed by atoms with Crippen molar-refractivity contribution in [1.29, 1.82) is 10.5 Å². The summed E-state index contributed by atoms with van der Waals surface area (Å²) >= 11 is 0. The van der Waals surface area contributed by atoms with E-state index in [4.69, 9.17) is 14.4 Å². The number of para-hydroxylation sites is 1. The fourth-order valence-corrected chi connectivity index (χ4v) is 5.70. The van der Waals surface area contributed by atoms with Gasteiger partial charge < -0.3 is 9.73 Å². The molecule has 2 heterocycles. The molecule has 214 valence electrons. The molecule has 0 amide bonds. The van der Waals surface area contributed by atoms with E-state index in [1.807, 2.05) is 98.8 Å². The van der Waals surface area contributed by atoms with E-state index in [0.717, 1.165) is 61.4 Å². The molecule has 1 aromatic heterocycles. The first kappa shape index (κ1) is 27.6. The van der Waals surface area contributed by atoms with Crippen LogP contribution in [0.3, 0.4) is 0 Å². The summed E-state index contributed by atoms with van der Waals surface area (Å²) in [7, 11) is 0. The smallest absolute Gasteiger partial charge is 0.173 e. The Bertz CT molecular complexity index is 2290. The summed E-state index contributed by atoms with van der Waals surface area (Å²) < 4.78 is 6.79. The Morgan fingerprint density at radius 3 is 2.13 bits per heavy atom. The highest BCUT2D eigenvalue weighted by molar-refractivity contribution is 6.16. The molecule has 5 aromatic carbocycles. The maximum atomic E-state index is 9.65. The third kappa shape index (κ3) is 5.05. The van der Waals surface area contributed by atoms with E-state index in [1.54, 1.807) is 12.1 Å². The second-order valence-electron chi connectivity index (χ2n) is 10.9. The van der Waals surface area contributed by atoms with Crippen LogP contribution in [0.25, 0.3) is 44.2 Å². The first-order chi connectivity index (χ1) is 22.1. The molecule has 6 nitrogen and oxygen atoms in total. The molecular formula is C39H27N5O. The Balaban J connectivity index is 1.49. The Hall–Kier alpha value is -6.24. The number of fused-ring (bicyclic) bond motifs is 3. The molecule has 1 atom stereocenters. The lowest BCUT2D eigenvalue weighted by molar-refractivity contribution is 0.650. The molecule has 0 radical (unpaired) electrons. The van der Waals surface area contributed by atoms with Gasteiger partial charge in [0.2, 0.25) is 0 Å².